The van der Waals surface area contributed by atoms with Gasteiger partial charge in [-0.05, 0) is 24.3 Å². The lowest BCUT2D eigenvalue weighted by Gasteiger charge is -2.14. The molecule has 0 aliphatic rings. The quantitative estimate of drug-likeness (QED) is 0.760. The highest BCUT2D eigenvalue weighted by atomic mass is 35.5. The van der Waals surface area contributed by atoms with E-state index >= 15 is 0 Å². The first kappa shape index (κ1) is 16.0. The van der Waals surface area contributed by atoms with Crippen LogP contribution in [0, 0.1) is 0 Å². The molecule has 2 aromatic carbocycles. The van der Waals surface area contributed by atoms with Gasteiger partial charge in [-0.25, -0.2) is 4.98 Å². The molecule has 0 saturated carbocycles. The Balaban J connectivity index is 1.78. The van der Waals surface area contributed by atoms with Crippen molar-refractivity contribution >= 4 is 34.1 Å². The van der Waals surface area contributed by atoms with Crippen molar-refractivity contribution in [2.24, 2.45) is 0 Å². The zero-order valence-corrected chi connectivity index (χ0v) is 14.1. The van der Waals surface area contributed by atoms with Crippen LogP contribution in [0.3, 0.4) is 0 Å². The van der Waals surface area contributed by atoms with Gasteiger partial charge in [0.2, 0.25) is 0 Å². The van der Waals surface area contributed by atoms with Crippen LogP contribution in [0.2, 0.25) is 10.0 Å². The van der Waals surface area contributed by atoms with Crippen LogP contribution in [0.15, 0.2) is 47.3 Å². The molecule has 0 fully saturated rings. The number of nitrogens with zero attached hydrogens (tertiary/aromatic N) is 1. The van der Waals surface area contributed by atoms with Crippen LogP contribution >= 0.6 is 23.2 Å². The van der Waals surface area contributed by atoms with Crippen molar-refractivity contribution in [3.05, 3.63) is 74.3 Å². The molecule has 6 heteroatoms. The minimum atomic E-state index is -0.104. The third-order valence-corrected chi connectivity index (χ3v) is 4.36. The second-order valence-corrected chi connectivity index (χ2v) is 6.40. The van der Waals surface area contributed by atoms with E-state index in [1.165, 1.54) is 4.90 Å². The van der Waals surface area contributed by atoms with Gasteiger partial charge in [-0.3, -0.25) is 4.79 Å². The van der Waals surface area contributed by atoms with Crippen LogP contribution in [0.25, 0.3) is 10.9 Å². The number of aromatic amines is 1. The zero-order valence-electron chi connectivity index (χ0n) is 12.6. The molecule has 0 radical (unpaired) electrons. The number of nitrogens with one attached hydrogen (secondary N) is 2. The Morgan fingerprint density at radius 3 is 2.65 bits per heavy atom. The van der Waals surface area contributed by atoms with Gasteiger partial charge in [0.05, 0.1) is 28.0 Å². The molecular weight excluding hydrogens is 333 g/mol. The van der Waals surface area contributed by atoms with E-state index < -0.39 is 0 Å². The zero-order chi connectivity index (χ0) is 16.4. The van der Waals surface area contributed by atoms with Gasteiger partial charge >= 0.3 is 0 Å². The molecule has 0 saturated heterocycles. The summed E-state index contributed by atoms with van der Waals surface area (Å²) < 4.78 is 0. The Morgan fingerprint density at radius 2 is 1.87 bits per heavy atom. The summed E-state index contributed by atoms with van der Waals surface area (Å²) in [6.07, 6.45) is 0. The number of aromatic nitrogens is 2. The molecule has 4 nitrogen and oxygen atoms in total. The summed E-state index contributed by atoms with van der Waals surface area (Å²) in [5.41, 5.74) is 1.70. The number of hydrogen-bond acceptors (Lipinski definition) is 2. The van der Waals surface area contributed by atoms with E-state index in [0.29, 0.717) is 33.3 Å². The second-order valence-electron chi connectivity index (χ2n) is 5.59. The number of halogens is 2. The van der Waals surface area contributed by atoms with Gasteiger partial charge < -0.3 is 9.88 Å². The van der Waals surface area contributed by atoms with Crippen molar-refractivity contribution in [2.75, 3.05) is 7.05 Å². The molecule has 23 heavy (non-hydrogen) atoms. The lowest BCUT2D eigenvalue weighted by Crippen LogP contribution is -3.06. The molecule has 1 aromatic heterocycles. The average Bonchev–Trinajstić information content (AvgIpc) is 2.51. The van der Waals surface area contributed by atoms with Crippen LogP contribution < -0.4 is 10.5 Å². The number of H-pyrrole nitrogens is 1. The summed E-state index contributed by atoms with van der Waals surface area (Å²) in [7, 11) is 2.04. The summed E-state index contributed by atoms with van der Waals surface area (Å²) in [6.45, 7) is 1.37. The Morgan fingerprint density at radius 1 is 1.09 bits per heavy atom. The largest absolute Gasteiger partial charge is 0.327 e. The fourth-order valence-corrected chi connectivity index (χ4v) is 2.89. The van der Waals surface area contributed by atoms with E-state index in [-0.39, 0.29) is 5.56 Å². The number of para-hydroxylation sites is 1. The van der Waals surface area contributed by atoms with Crippen LogP contribution in [-0.2, 0) is 13.1 Å². The molecule has 0 aliphatic heterocycles. The maximum absolute atomic E-state index is 12.1. The molecule has 0 bridgehead atoms. The topological polar surface area (TPSA) is 50.2 Å². The maximum Gasteiger partial charge on any atom is 0.258 e. The number of hydrogen-bond donors (Lipinski definition) is 2. The predicted octanol–water partition coefficient (Wildman–Crippen LogP) is 2.44. The summed E-state index contributed by atoms with van der Waals surface area (Å²) in [5, 5.41) is 1.71. The Hall–Kier alpha value is -1.88. The molecule has 0 spiro atoms. The summed E-state index contributed by atoms with van der Waals surface area (Å²) >= 11 is 12.0. The first-order chi connectivity index (χ1) is 11.0. The van der Waals surface area contributed by atoms with Crippen LogP contribution in [0.5, 0.6) is 0 Å². The molecule has 3 aromatic rings. The molecule has 1 heterocycles. The van der Waals surface area contributed by atoms with Crippen molar-refractivity contribution in [1.82, 2.24) is 9.97 Å². The average molecular weight is 349 g/mol. The fourth-order valence-electron chi connectivity index (χ4n) is 2.57. The fraction of sp³-hybridized carbons (Fsp3) is 0.176. The van der Waals surface area contributed by atoms with Crippen molar-refractivity contribution in [2.45, 2.75) is 13.1 Å². The summed E-state index contributed by atoms with van der Waals surface area (Å²) in [4.78, 5) is 20.6. The highest BCUT2D eigenvalue weighted by Gasteiger charge is 2.10. The number of quaternary nitrogens is 1. The maximum atomic E-state index is 12.1. The van der Waals surface area contributed by atoms with Gasteiger partial charge in [-0.15, -0.1) is 0 Å². The van der Waals surface area contributed by atoms with Gasteiger partial charge in [0, 0.05) is 5.56 Å². The van der Waals surface area contributed by atoms with Crippen molar-refractivity contribution < 1.29 is 4.90 Å². The predicted molar refractivity (Wildman–Crippen MR) is 93.1 cm³/mol. The van der Waals surface area contributed by atoms with Gasteiger partial charge in [0.1, 0.15) is 13.1 Å². The number of fused-ring (bicyclic) bond motifs is 1. The molecule has 2 N–H and O–H groups in total. The van der Waals surface area contributed by atoms with Gasteiger partial charge in [-0.1, -0.05) is 41.4 Å². The molecule has 3 rings (SSSR count). The molecule has 1 unspecified atom stereocenters. The first-order valence-corrected chi connectivity index (χ1v) is 8.01. The minimum Gasteiger partial charge on any atom is -0.327 e. The SMILES string of the molecule is C[NH+](Cc1ccc(Cl)c(Cl)c1)Cc1nc2ccccc2c(=O)[nH]1. The van der Waals surface area contributed by atoms with E-state index in [9.17, 15) is 4.79 Å². The normalized spacial score (nSPS) is 12.5. The lowest BCUT2D eigenvalue weighted by molar-refractivity contribution is -0.908. The molecule has 0 aliphatic carbocycles. The number of rotatable bonds is 4. The first-order valence-electron chi connectivity index (χ1n) is 7.26. The highest BCUT2D eigenvalue weighted by molar-refractivity contribution is 6.42. The van der Waals surface area contributed by atoms with Crippen LogP contribution in [0.4, 0.5) is 0 Å². The van der Waals surface area contributed by atoms with E-state index in [1.54, 1.807) is 12.1 Å². The Labute approximate surface area is 143 Å². The van der Waals surface area contributed by atoms with Crippen LogP contribution in [-0.4, -0.2) is 17.0 Å². The van der Waals surface area contributed by atoms with E-state index in [0.717, 1.165) is 12.1 Å². The van der Waals surface area contributed by atoms with Gasteiger partial charge in [-0.2, -0.15) is 0 Å². The monoisotopic (exact) mass is 348 g/mol. The number of benzene rings is 2. The second kappa shape index (κ2) is 6.71. The van der Waals surface area contributed by atoms with E-state index in [1.807, 2.05) is 37.4 Å². The molecule has 0 amide bonds. The highest BCUT2D eigenvalue weighted by Crippen LogP contribution is 2.22. The third-order valence-electron chi connectivity index (χ3n) is 3.62. The Bertz CT molecular complexity index is 908. The lowest BCUT2D eigenvalue weighted by atomic mass is 10.2. The summed E-state index contributed by atoms with van der Waals surface area (Å²) in [6, 6.07) is 13.0. The Kier molecular flexibility index (Phi) is 4.66. The van der Waals surface area contributed by atoms with Crippen molar-refractivity contribution in [3.63, 3.8) is 0 Å². The summed E-state index contributed by atoms with van der Waals surface area (Å²) in [5.74, 6) is 0.672. The van der Waals surface area contributed by atoms with Gasteiger partial charge in [0.15, 0.2) is 5.82 Å². The van der Waals surface area contributed by atoms with Crippen molar-refractivity contribution in [1.29, 1.82) is 0 Å². The van der Waals surface area contributed by atoms with Crippen LogP contribution in [0.1, 0.15) is 11.4 Å². The molecule has 1 atom stereocenters. The smallest absolute Gasteiger partial charge is 0.258 e. The van der Waals surface area contributed by atoms with Crippen molar-refractivity contribution in [3.8, 4) is 0 Å². The molecule has 118 valence electrons. The third kappa shape index (κ3) is 3.72. The standard InChI is InChI=1S/C17H15Cl2N3O/c1-22(9-11-6-7-13(18)14(19)8-11)10-16-20-15-5-3-2-4-12(15)17(23)21-16/h2-8H,9-10H2,1H3,(H,20,21,23)/p+1. The molecular formula is C17H16Cl2N3O+. The van der Waals surface area contributed by atoms with E-state index in [2.05, 4.69) is 9.97 Å². The van der Waals surface area contributed by atoms with E-state index in [4.69, 9.17) is 23.2 Å². The van der Waals surface area contributed by atoms with Gasteiger partial charge in [0.25, 0.3) is 5.56 Å². The minimum absolute atomic E-state index is 0.104.